The van der Waals surface area contributed by atoms with E-state index in [9.17, 15) is 14.4 Å². The zero-order valence-corrected chi connectivity index (χ0v) is 22.9. The maximum absolute atomic E-state index is 12.9. The van der Waals surface area contributed by atoms with E-state index in [4.69, 9.17) is 36.0 Å². The standard InChI is InChI=1S/C20H25ClN2O5.C8H8O3/c1-4-28-20(25)18-15(11-27-10-9-22)23-12(2)16(19(24)26-3)17(18)13-7-5-6-8-14(13)21;9-7-3-1-6(2-4-7)5-8(10)11/h5-8,17,23H,4,9-11,22H2,1-3H3;1-4,9H,5H2,(H,10,11)/p+1. The van der Waals surface area contributed by atoms with E-state index in [0.29, 0.717) is 46.3 Å². The first-order chi connectivity index (χ1) is 18.6. The summed E-state index contributed by atoms with van der Waals surface area (Å²) >= 11 is 6.43. The van der Waals surface area contributed by atoms with Gasteiger partial charge in [0.1, 0.15) is 5.75 Å². The molecule has 0 aliphatic carbocycles. The highest BCUT2D eigenvalue weighted by molar-refractivity contribution is 6.31. The SMILES string of the molecule is CCOC(=O)C1=C(COCC[NH3+])NC(C)=C(C(=O)OC)C1c1ccccc1Cl.O=C(O)Cc1ccc(O)cc1. The summed E-state index contributed by atoms with van der Waals surface area (Å²) in [5.41, 5.74) is 6.74. The lowest BCUT2D eigenvalue weighted by atomic mass is 9.80. The van der Waals surface area contributed by atoms with E-state index in [-0.39, 0.29) is 31.0 Å². The number of ether oxygens (including phenoxy) is 3. The van der Waals surface area contributed by atoms with E-state index in [0.717, 1.165) is 0 Å². The molecule has 2 aromatic rings. The molecule has 1 atom stereocenters. The molecular weight excluding hydrogens is 528 g/mol. The van der Waals surface area contributed by atoms with Crippen molar-refractivity contribution in [2.45, 2.75) is 26.2 Å². The van der Waals surface area contributed by atoms with Gasteiger partial charge >= 0.3 is 17.9 Å². The van der Waals surface area contributed by atoms with Crippen LogP contribution in [0.2, 0.25) is 5.02 Å². The van der Waals surface area contributed by atoms with Crippen LogP contribution in [0.3, 0.4) is 0 Å². The molecule has 0 radical (unpaired) electrons. The fourth-order valence-corrected chi connectivity index (χ4v) is 4.17. The Morgan fingerprint density at radius 3 is 2.28 bits per heavy atom. The number of hydrogen-bond donors (Lipinski definition) is 4. The van der Waals surface area contributed by atoms with Gasteiger partial charge in [-0.3, -0.25) is 4.79 Å². The van der Waals surface area contributed by atoms with E-state index in [1.807, 2.05) is 0 Å². The molecule has 1 heterocycles. The lowest BCUT2D eigenvalue weighted by Crippen LogP contribution is -2.52. The van der Waals surface area contributed by atoms with Crippen molar-refractivity contribution in [3.05, 3.63) is 87.2 Å². The number of carboxylic acid groups (broad SMARTS) is 1. The Labute approximate surface area is 232 Å². The number of rotatable bonds is 10. The zero-order chi connectivity index (χ0) is 28.9. The van der Waals surface area contributed by atoms with E-state index < -0.39 is 23.8 Å². The van der Waals surface area contributed by atoms with Crippen LogP contribution in [0.5, 0.6) is 5.75 Å². The van der Waals surface area contributed by atoms with Crippen LogP contribution in [0, 0.1) is 0 Å². The number of carboxylic acids is 1. The second kappa shape index (κ2) is 15.5. The van der Waals surface area contributed by atoms with Crippen LogP contribution in [-0.2, 0) is 35.0 Å². The Morgan fingerprint density at radius 1 is 1.05 bits per heavy atom. The second-order valence-electron chi connectivity index (χ2n) is 8.37. The number of carbonyl (C=O) groups excluding carboxylic acids is 2. The Hall–Kier alpha value is -3.86. The first kappa shape index (κ1) is 31.4. The third-order valence-corrected chi connectivity index (χ3v) is 5.93. The first-order valence-electron chi connectivity index (χ1n) is 12.2. The largest absolute Gasteiger partial charge is 0.508 e. The third kappa shape index (κ3) is 8.85. The molecule has 0 saturated carbocycles. The van der Waals surface area contributed by atoms with Gasteiger partial charge in [0.05, 0.1) is 62.7 Å². The van der Waals surface area contributed by atoms with Crippen molar-refractivity contribution in [1.82, 2.24) is 5.32 Å². The van der Waals surface area contributed by atoms with Crippen molar-refractivity contribution in [2.75, 3.05) is 33.5 Å². The molecule has 0 spiro atoms. The maximum Gasteiger partial charge on any atom is 0.336 e. The number of allylic oxidation sites excluding steroid dienone is 1. The molecule has 2 aromatic carbocycles. The summed E-state index contributed by atoms with van der Waals surface area (Å²) in [6.45, 7) is 4.85. The van der Waals surface area contributed by atoms with Gasteiger partial charge in [-0.25, -0.2) is 9.59 Å². The maximum atomic E-state index is 12.9. The predicted molar refractivity (Wildman–Crippen MR) is 144 cm³/mol. The lowest BCUT2D eigenvalue weighted by molar-refractivity contribution is -0.373. The fourth-order valence-electron chi connectivity index (χ4n) is 3.93. The number of hydrogen-bond acceptors (Lipinski definition) is 8. The fraction of sp³-hybridized carbons (Fsp3) is 0.321. The molecule has 0 saturated heterocycles. The number of methoxy groups -OCH3 is 1. The van der Waals surface area contributed by atoms with E-state index in [1.54, 1.807) is 50.2 Å². The summed E-state index contributed by atoms with van der Waals surface area (Å²) in [6.07, 6.45) is 0.000278. The lowest BCUT2D eigenvalue weighted by Gasteiger charge is -2.31. The van der Waals surface area contributed by atoms with E-state index in [1.165, 1.54) is 19.2 Å². The van der Waals surface area contributed by atoms with Gasteiger partial charge in [-0.1, -0.05) is 41.9 Å². The van der Waals surface area contributed by atoms with Crippen LogP contribution in [-0.4, -0.2) is 61.6 Å². The molecular formula is C28H34ClN2O8+. The molecule has 39 heavy (non-hydrogen) atoms. The zero-order valence-electron chi connectivity index (χ0n) is 22.2. The minimum absolute atomic E-state index is 0.000278. The Morgan fingerprint density at radius 2 is 1.72 bits per heavy atom. The van der Waals surface area contributed by atoms with Gasteiger partial charge in [-0.2, -0.15) is 0 Å². The number of carbonyl (C=O) groups is 3. The van der Waals surface area contributed by atoms with Gasteiger partial charge in [0.25, 0.3) is 0 Å². The summed E-state index contributed by atoms with van der Waals surface area (Å²) in [7, 11) is 1.30. The number of aromatic hydroxyl groups is 1. The summed E-state index contributed by atoms with van der Waals surface area (Å²) in [6, 6.07) is 13.2. The second-order valence-corrected chi connectivity index (χ2v) is 8.77. The number of nitrogens with one attached hydrogen (secondary N) is 1. The van der Waals surface area contributed by atoms with Crippen molar-refractivity contribution >= 4 is 29.5 Å². The van der Waals surface area contributed by atoms with Crippen molar-refractivity contribution < 1.29 is 44.5 Å². The van der Waals surface area contributed by atoms with Crippen molar-refractivity contribution in [3.8, 4) is 5.75 Å². The van der Waals surface area contributed by atoms with Gasteiger partial charge in [-0.05, 0) is 43.2 Å². The first-order valence-corrected chi connectivity index (χ1v) is 12.6. The number of esters is 2. The van der Waals surface area contributed by atoms with Gasteiger partial charge < -0.3 is 35.5 Å². The van der Waals surface area contributed by atoms with Crippen molar-refractivity contribution in [3.63, 3.8) is 0 Å². The molecule has 210 valence electrons. The minimum atomic E-state index is -0.865. The third-order valence-electron chi connectivity index (χ3n) is 5.59. The van der Waals surface area contributed by atoms with Crippen LogP contribution in [0.4, 0.5) is 0 Å². The molecule has 0 aromatic heterocycles. The molecule has 6 N–H and O–H groups in total. The van der Waals surface area contributed by atoms with Crippen LogP contribution in [0.25, 0.3) is 0 Å². The summed E-state index contributed by atoms with van der Waals surface area (Å²) < 4.78 is 15.9. The van der Waals surface area contributed by atoms with E-state index >= 15 is 0 Å². The molecule has 0 bridgehead atoms. The van der Waals surface area contributed by atoms with Crippen molar-refractivity contribution in [1.29, 1.82) is 0 Å². The van der Waals surface area contributed by atoms with Gasteiger partial charge in [0, 0.05) is 10.7 Å². The van der Waals surface area contributed by atoms with E-state index in [2.05, 4.69) is 11.1 Å². The average Bonchev–Trinajstić information content (AvgIpc) is 2.90. The number of dihydropyridines is 1. The number of halogens is 1. The molecule has 0 fully saturated rings. The highest BCUT2D eigenvalue weighted by Gasteiger charge is 2.39. The highest BCUT2D eigenvalue weighted by Crippen LogP contribution is 2.41. The number of quaternary nitrogens is 1. The smallest absolute Gasteiger partial charge is 0.336 e. The summed E-state index contributed by atoms with van der Waals surface area (Å²) in [4.78, 5) is 35.7. The summed E-state index contributed by atoms with van der Waals surface area (Å²) in [5.74, 6) is -2.54. The quantitative estimate of drug-likeness (QED) is 0.252. The molecule has 11 heteroatoms. The topological polar surface area (TPSA) is 159 Å². The molecule has 1 aliphatic rings. The summed E-state index contributed by atoms with van der Waals surface area (Å²) in [5, 5.41) is 20.8. The van der Waals surface area contributed by atoms with Crippen LogP contribution in [0.1, 0.15) is 30.9 Å². The normalized spacial score (nSPS) is 14.6. The molecule has 1 aliphatic heterocycles. The Bertz CT molecular complexity index is 1220. The number of phenols is 1. The van der Waals surface area contributed by atoms with Crippen LogP contribution in [0.15, 0.2) is 71.1 Å². The molecule has 10 nitrogen and oxygen atoms in total. The van der Waals surface area contributed by atoms with Crippen LogP contribution < -0.4 is 11.1 Å². The number of phenolic OH excluding ortho intramolecular Hbond substituents is 1. The minimum Gasteiger partial charge on any atom is -0.508 e. The number of benzene rings is 2. The Kier molecular flexibility index (Phi) is 12.5. The van der Waals surface area contributed by atoms with Crippen LogP contribution >= 0.6 is 11.6 Å². The van der Waals surface area contributed by atoms with Gasteiger partial charge in [-0.15, -0.1) is 0 Å². The predicted octanol–water partition coefficient (Wildman–Crippen LogP) is 2.57. The van der Waals surface area contributed by atoms with Crippen molar-refractivity contribution in [2.24, 2.45) is 0 Å². The number of aliphatic carboxylic acids is 1. The molecule has 0 amide bonds. The molecule has 1 unspecified atom stereocenters. The average molecular weight is 562 g/mol. The van der Waals surface area contributed by atoms with Gasteiger partial charge in [0.2, 0.25) is 0 Å². The highest BCUT2D eigenvalue weighted by atomic mass is 35.5. The monoisotopic (exact) mass is 561 g/mol. The van der Waals surface area contributed by atoms with Gasteiger partial charge in [0.15, 0.2) is 0 Å². The Balaban J connectivity index is 0.000000404. The molecule has 3 rings (SSSR count).